The summed E-state index contributed by atoms with van der Waals surface area (Å²) in [5.41, 5.74) is 4.89. The van der Waals surface area contributed by atoms with Crippen LogP contribution >= 0.6 is 11.6 Å². The second kappa shape index (κ2) is 2.70. The van der Waals surface area contributed by atoms with Gasteiger partial charge in [0.15, 0.2) is 0 Å². The van der Waals surface area contributed by atoms with Gasteiger partial charge in [0, 0.05) is 6.20 Å². The van der Waals surface area contributed by atoms with Gasteiger partial charge in [-0.05, 0) is 0 Å². The van der Waals surface area contributed by atoms with Crippen molar-refractivity contribution in [2.45, 2.75) is 6.54 Å². The molecule has 4 nitrogen and oxygen atoms in total. The minimum Gasteiger partial charge on any atom is -0.368 e. The monoisotopic (exact) mass is 159 g/mol. The molecule has 0 radical (unpaired) electrons. The van der Waals surface area contributed by atoms with Gasteiger partial charge in [0.25, 0.3) is 0 Å². The number of aromatic nitrogens is 2. The van der Waals surface area contributed by atoms with Gasteiger partial charge in [-0.3, -0.25) is 9.48 Å². The van der Waals surface area contributed by atoms with E-state index in [4.69, 9.17) is 17.3 Å². The number of amides is 1. The first-order valence-electron chi connectivity index (χ1n) is 2.65. The Kier molecular flexibility index (Phi) is 1.91. The Labute approximate surface area is 62.6 Å². The largest absolute Gasteiger partial charge is 0.368 e. The smallest absolute Gasteiger partial charge is 0.239 e. The first-order chi connectivity index (χ1) is 4.68. The van der Waals surface area contributed by atoms with Crippen molar-refractivity contribution < 1.29 is 4.79 Å². The maximum atomic E-state index is 10.3. The molecule has 0 saturated carbocycles. The van der Waals surface area contributed by atoms with E-state index >= 15 is 0 Å². The maximum Gasteiger partial charge on any atom is 0.239 e. The van der Waals surface area contributed by atoms with E-state index in [-0.39, 0.29) is 6.54 Å². The van der Waals surface area contributed by atoms with E-state index in [9.17, 15) is 4.79 Å². The molecule has 1 amide bonds. The number of primary amides is 1. The minimum atomic E-state index is -0.431. The predicted octanol–water partition coefficient (Wildman–Crippen LogP) is 0.0218. The van der Waals surface area contributed by atoms with E-state index < -0.39 is 5.91 Å². The molecular formula is C5H6ClN3O. The lowest BCUT2D eigenvalue weighted by molar-refractivity contribution is -0.118. The quantitative estimate of drug-likeness (QED) is 0.662. The summed E-state index contributed by atoms with van der Waals surface area (Å²) in [6, 6.07) is 0. The van der Waals surface area contributed by atoms with Gasteiger partial charge in [0.2, 0.25) is 5.91 Å². The maximum absolute atomic E-state index is 10.3. The Morgan fingerprint density at radius 3 is 3.00 bits per heavy atom. The van der Waals surface area contributed by atoms with Gasteiger partial charge in [0.1, 0.15) is 6.54 Å². The Hall–Kier alpha value is -1.03. The third kappa shape index (κ3) is 1.73. The van der Waals surface area contributed by atoms with Gasteiger partial charge in [0.05, 0.1) is 11.2 Å². The Morgan fingerprint density at radius 1 is 1.90 bits per heavy atom. The number of halogens is 1. The van der Waals surface area contributed by atoms with Crippen LogP contribution in [0.25, 0.3) is 0 Å². The molecule has 0 aliphatic heterocycles. The van der Waals surface area contributed by atoms with Crippen LogP contribution in [-0.2, 0) is 11.3 Å². The fourth-order valence-corrected chi connectivity index (χ4v) is 0.741. The van der Waals surface area contributed by atoms with Crippen molar-refractivity contribution in [3.05, 3.63) is 17.4 Å². The number of nitrogens with two attached hydrogens (primary N) is 1. The van der Waals surface area contributed by atoms with Gasteiger partial charge < -0.3 is 5.73 Å². The summed E-state index contributed by atoms with van der Waals surface area (Å²) >= 11 is 5.51. The van der Waals surface area contributed by atoms with Gasteiger partial charge >= 0.3 is 0 Å². The molecule has 0 saturated heterocycles. The summed E-state index contributed by atoms with van der Waals surface area (Å²) in [6.07, 6.45) is 2.98. The zero-order valence-electron chi connectivity index (χ0n) is 5.12. The zero-order chi connectivity index (χ0) is 7.56. The van der Waals surface area contributed by atoms with Crippen LogP contribution in [0.4, 0.5) is 0 Å². The van der Waals surface area contributed by atoms with Crippen LogP contribution < -0.4 is 5.73 Å². The Morgan fingerprint density at radius 2 is 2.60 bits per heavy atom. The molecule has 54 valence electrons. The summed E-state index contributed by atoms with van der Waals surface area (Å²) in [7, 11) is 0. The fourth-order valence-electron chi connectivity index (χ4n) is 0.584. The van der Waals surface area contributed by atoms with E-state index in [0.29, 0.717) is 5.02 Å². The molecule has 0 fully saturated rings. The van der Waals surface area contributed by atoms with Crippen molar-refractivity contribution in [3.63, 3.8) is 0 Å². The summed E-state index contributed by atoms with van der Waals surface area (Å²) in [5.74, 6) is -0.431. The van der Waals surface area contributed by atoms with Crippen LogP contribution in [0.5, 0.6) is 0 Å². The van der Waals surface area contributed by atoms with Crippen LogP contribution in [0.1, 0.15) is 0 Å². The van der Waals surface area contributed by atoms with E-state index in [2.05, 4.69) is 5.10 Å². The molecule has 5 heteroatoms. The standard InChI is InChI=1S/C5H6ClN3O/c6-4-1-8-9(2-4)3-5(7)10/h1-2H,3H2,(H2,7,10). The van der Waals surface area contributed by atoms with Crippen LogP contribution in [0.3, 0.4) is 0 Å². The van der Waals surface area contributed by atoms with Crippen LogP contribution in [0.2, 0.25) is 5.02 Å². The molecule has 0 atom stereocenters. The van der Waals surface area contributed by atoms with Crippen LogP contribution in [0, 0.1) is 0 Å². The molecule has 1 aromatic rings. The SMILES string of the molecule is NC(=O)Cn1cc(Cl)cn1. The normalized spacial score (nSPS) is 9.70. The Bertz CT molecular complexity index is 245. The molecule has 1 aromatic heterocycles. The van der Waals surface area contributed by atoms with Crippen LogP contribution in [-0.4, -0.2) is 15.7 Å². The summed E-state index contributed by atoms with van der Waals surface area (Å²) < 4.78 is 1.38. The highest BCUT2D eigenvalue weighted by Gasteiger charge is 1.97. The average molecular weight is 160 g/mol. The van der Waals surface area contributed by atoms with Crippen LogP contribution in [0.15, 0.2) is 12.4 Å². The van der Waals surface area contributed by atoms with Crippen molar-refractivity contribution in [3.8, 4) is 0 Å². The molecule has 0 unspecified atom stereocenters. The first-order valence-corrected chi connectivity index (χ1v) is 3.02. The zero-order valence-corrected chi connectivity index (χ0v) is 5.88. The van der Waals surface area contributed by atoms with Crippen molar-refractivity contribution in [1.82, 2.24) is 9.78 Å². The van der Waals surface area contributed by atoms with Crippen molar-refractivity contribution in [2.75, 3.05) is 0 Å². The summed E-state index contributed by atoms with van der Waals surface area (Å²) in [5, 5.41) is 4.24. The topological polar surface area (TPSA) is 60.9 Å². The molecule has 1 heterocycles. The second-order valence-corrected chi connectivity index (χ2v) is 2.26. The molecule has 2 N–H and O–H groups in total. The van der Waals surface area contributed by atoms with E-state index in [1.54, 1.807) is 0 Å². The Balaban J connectivity index is 2.67. The van der Waals surface area contributed by atoms with E-state index in [0.717, 1.165) is 0 Å². The van der Waals surface area contributed by atoms with Gasteiger partial charge in [-0.1, -0.05) is 11.6 Å². The lowest BCUT2D eigenvalue weighted by Gasteiger charge is -1.92. The molecule has 0 spiro atoms. The average Bonchev–Trinajstić information content (AvgIpc) is 2.13. The lowest BCUT2D eigenvalue weighted by Crippen LogP contribution is -2.18. The molecule has 0 aliphatic carbocycles. The third-order valence-corrected chi connectivity index (χ3v) is 1.11. The molecule has 0 bridgehead atoms. The highest BCUT2D eigenvalue weighted by Crippen LogP contribution is 2.03. The number of hydrogen-bond acceptors (Lipinski definition) is 2. The highest BCUT2D eigenvalue weighted by atomic mass is 35.5. The first kappa shape index (κ1) is 7.08. The van der Waals surface area contributed by atoms with Crippen molar-refractivity contribution >= 4 is 17.5 Å². The molecule has 1 rings (SSSR count). The van der Waals surface area contributed by atoms with Gasteiger partial charge in [-0.25, -0.2) is 0 Å². The number of hydrogen-bond donors (Lipinski definition) is 1. The number of carbonyl (C=O) groups is 1. The molecule has 10 heavy (non-hydrogen) atoms. The molecule has 0 aromatic carbocycles. The summed E-state index contributed by atoms with van der Waals surface area (Å²) in [6.45, 7) is 0.0761. The third-order valence-electron chi connectivity index (χ3n) is 0.920. The number of rotatable bonds is 2. The second-order valence-electron chi connectivity index (χ2n) is 1.82. The highest BCUT2D eigenvalue weighted by molar-refractivity contribution is 6.30. The summed E-state index contributed by atoms with van der Waals surface area (Å²) in [4.78, 5) is 10.3. The number of carbonyl (C=O) groups excluding carboxylic acids is 1. The molecule has 0 aliphatic rings. The minimum absolute atomic E-state index is 0.0761. The molecular weight excluding hydrogens is 154 g/mol. The fraction of sp³-hybridized carbons (Fsp3) is 0.200. The van der Waals surface area contributed by atoms with Gasteiger partial charge in [-0.2, -0.15) is 5.10 Å². The number of nitrogens with zero attached hydrogens (tertiary/aromatic N) is 2. The van der Waals surface area contributed by atoms with Crippen molar-refractivity contribution in [2.24, 2.45) is 5.73 Å². The van der Waals surface area contributed by atoms with Gasteiger partial charge in [-0.15, -0.1) is 0 Å². The van der Waals surface area contributed by atoms with E-state index in [1.165, 1.54) is 17.1 Å². The predicted molar refractivity (Wildman–Crippen MR) is 36.4 cm³/mol. The van der Waals surface area contributed by atoms with Crippen molar-refractivity contribution in [1.29, 1.82) is 0 Å². The lowest BCUT2D eigenvalue weighted by atomic mass is 10.6. The van der Waals surface area contributed by atoms with E-state index in [1.807, 2.05) is 0 Å².